The second-order valence-corrected chi connectivity index (χ2v) is 9.59. The van der Waals surface area contributed by atoms with E-state index in [1.807, 2.05) is 0 Å². The van der Waals surface area contributed by atoms with Crippen LogP contribution in [0.5, 0.6) is 11.5 Å². The normalized spacial score (nSPS) is 15.5. The lowest BCUT2D eigenvalue weighted by Crippen LogP contribution is -2.31. The van der Waals surface area contributed by atoms with E-state index in [1.165, 1.54) is 26.4 Å². The molecule has 0 spiro atoms. The number of benzene rings is 2. The summed E-state index contributed by atoms with van der Waals surface area (Å²) in [6.07, 6.45) is 2.79. The Hall–Kier alpha value is -2.88. The summed E-state index contributed by atoms with van der Waals surface area (Å²) in [6, 6.07) is 6.15. The van der Waals surface area contributed by atoms with Crippen LogP contribution in [0, 0.1) is 5.92 Å². The third-order valence-electron chi connectivity index (χ3n) is 6.23. The Morgan fingerprint density at radius 1 is 0.944 bits per heavy atom. The molecule has 6 N–H and O–H groups in total. The molecule has 11 heteroatoms. The molecule has 0 unspecified atom stereocenters. The summed E-state index contributed by atoms with van der Waals surface area (Å²) in [5, 5.41) is 6.53. The van der Waals surface area contributed by atoms with Gasteiger partial charge < -0.3 is 36.5 Å². The number of carbonyl (C=O) groups is 2. The second-order valence-electron chi connectivity index (χ2n) is 8.78. The van der Waals surface area contributed by atoms with Crippen LogP contribution >= 0.6 is 23.2 Å². The van der Waals surface area contributed by atoms with Crippen LogP contribution in [0.2, 0.25) is 10.0 Å². The minimum atomic E-state index is -0.246. The maximum absolute atomic E-state index is 12.6. The minimum absolute atomic E-state index is 0.234. The van der Waals surface area contributed by atoms with E-state index in [-0.39, 0.29) is 11.8 Å². The van der Waals surface area contributed by atoms with Crippen molar-refractivity contribution >= 4 is 46.4 Å². The molecule has 9 nitrogen and oxygen atoms in total. The third kappa shape index (κ3) is 7.09. The van der Waals surface area contributed by atoms with Crippen LogP contribution in [0.3, 0.4) is 0 Å². The molecule has 0 radical (unpaired) electrons. The van der Waals surface area contributed by atoms with Gasteiger partial charge in [-0.1, -0.05) is 23.2 Å². The monoisotopic (exact) mass is 537 g/mol. The number of methoxy groups -OCH3 is 2. The van der Waals surface area contributed by atoms with E-state index < -0.39 is 0 Å². The number of carbonyl (C=O) groups excluding carboxylic acids is 2. The first-order chi connectivity index (χ1) is 17.2. The third-order valence-corrected chi connectivity index (χ3v) is 6.89. The molecule has 0 aliphatic carbocycles. The van der Waals surface area contributed by atoms with Crippen molar-refractivity contribution in [2.75, 3.05) is 58.4 Å². The van der Waals surface area contributed by atoms with E-state index in [0.29, 0.717) is 63.1 Å². The highest BCUT2D eigenvalue weighted by Gasteiger charge is 2.23. The first-order valence-corrected chi connectivity index (χ1v) is 12.5. The van der Waals surface area contributed by atoms with Gasteiger partial charge in [0, 0.05) is 31.8 Å². The summed E-state index contributed by atoms with van der Waals surface area (Å²) in [5.74, 6) is 0.674. The Bertz CT molecular complexity index is 1100. The average Bonchev–Trinajstić information content (AvgIpc) is 3.32. The number of unbranched alkanes of at least 4 members (excludes halogenated alkanes) is 1. The molecule has 2 aromatic rings. The molecule has 2 aromatic carbocycles. The number of nitrogens with two attached hydrogens (primary N) is 2. The Morgan fingerprint density at radius 2 is 1.50 bits per heavy atom. The smallest absolute Gasteiger partial charge is 0.255 e. The summed E-state index contributed by atoms with van der Waals surface area (Å²) in [7, 11) is 2.97. The van der Waals surface area contributed by atoms with Gasteiger partial charge in [-0.2, -0.15) is 0 Å². The number of amides is 2. The zero-order chi connectivity index (χ0) is 26.2. The van der Waals surface area contributed by atoms with Crippen molar-refractivity contribution in [3.05, 3.63) is 45.4 Å². The number of nitrogen functional groups attached to an aromatic ring is 2. The molecular formula is C25H33Cl2N5O4. The van der Waals surface area contributed by atoms with Gasteiger partial charge >= 0.3 is 0 Å². The maximum Gasteiger partial charge on any atom is 0.255 e. The van der Waals surface area contributed by atoms with E-state index in [4.69, 9.17) is 44.1 Å². The number of halogens is 2. The molecule has 1 aliphatic rings. The van der Waals surface area contributed by atoms with Gasteiger partial charge in [-0.25, -0.2) is 0 Å². The Labute approximate surface area is 221 Å². The lowest BCUT2D eigenvalue weighted by atomic mass is 10.1. The predicted octanol–water partition coefficient (Wildman–Crippen LogP) is 3.44. The minimum Gasteiger partial charge on any atom is -0.496 e. The number of hydrogen-bond acceptors (Lipinski definition) is 7. The van der Waals surface area contributed by atoms with Crippen LogP contribution in [0.25, 0.3) is 0 Å². The molecule has 3 rings (SSSR count). The van der Waals surface area contributed by atoms with Gasteiger partial charge in [-0.05, 0) is 50.4 Å². The first-order valence-electron chi connectivity index (χ1n) is 11.8. The average molecular weight is 538 g/mol. The second kappa shape index (κ2) is 12.9. The van der Waals surface area contributed by atoms with Crippen molar-refractivity contribution in [3.63, 3.8) is 0 Å². The summed E-state index contributed by atoms with van der Waals surface area (Å²) in [5.41, 5.74) is 13.0. The van der Waals surface area contributed by atoms with E-state index >= 15 is 0 Å². The van der Waals surface area contributed by atoms with E-state index in [1.54, 1.807) is 12.1 Å². The molecular weight excluding hydrogens is 505 g/mol. The van der Waals surface area contributed by atoms with Crippen LogP contribution in [0.4, 0.5) is 11.4 Å². The molecule has 36 heavy (non-hydrogen) atoms. The van der Waals surface area contributed by atoms with Gasteiger partial charge in [-0.3, -0.25) is 9.59 Å². The highest BCUT2D eigenvalue weighted by molar-refractivity contribution is 6.34. The van der Waals surface area contributed by atoms with Crippen molar-refractivity contribution in [1.82, 2.24) is 15.5 Å². The zero-order valence-electron chi connectivity index (χ0n) is 20.5. The quantitative estimate of drug-likeness (QED) is 0.255. The molecule has 0 bridgehead atoms. The largest absolute Gasteiger partial charge is 0.496 e. The summed E-state index contributed by atoms with van der Waals surface area (Å²) >= 11 is 12.1. The topological polar surface area (TPSA) is 132 Å². The predicted molar refractivity (Wildman–Crippen MR) is 143 cm³/mol. The van der Waals surface area contributed by atoms with Gasteiger partial charge in [0.1, 0.15) is 11.5 Å². The molecule has 196 valence electrons. The zero-order valence-corrected chi connectivity index (χ0v) is 22.0. The lowest BCUT2D eigenvalue weighted by Gasteiger charge is -2.17. The van der Waals surface area contributed by atoms with Crippen LogP contribution in [0.1, 0.15) is 40.0 Å². The number of hydrogen-bond donors (Lipinski definition) is 4. The fraction of sp³-hybridized carbons (Fsp3) is 0.440. The van der Waals surface area contributed by atoms with Crippen LogP contribution < -0.4 is 31.6 Å². The Morgan fingerprint density at radius 3 is 2.06 bits per heavy atom. The van der Waals surface area contributed by atoms with E-state index in [0.717, 1.165) is 38.9 Å². The molecule has 0 aromatic heterocycles. The molecule has 0 saturated carbocycles. The number of rotatable bonds is 11. The first kappa shape index (κ1) is 27.7. The van der Waals surface area contributed by atoms with Crippen molar-refractivity contribution in [2.45, 2.75) is 19.3 Å². The van der Waals surface area contributed by atoms with Gasteiger partial charge in [-0.15, -0.1) is 0 Å². The van der Waals surface area contributed by atoms with Gasteiger partial charge in [0.2, 0.25) is 0 Å². The maximum atomic E-state index is 12.6. The molecule has 1 heterocycles. The van der Waals surface area contributed by atoms with Crippen molar-refractivity contribution in [2.24, 2.45) is 5.92 Å². The molecule has 1 aliphatic heterocycles. The number of nitrogens with one attached hydrogen (secondary N) is 2. The standard InChI is InChI=1S/C25H33Cl2N5O4/c1-35-22-11-20(28)18(26)9-16(22)24(33)30-6-3-4-7-32-8-5-15(14-32)13-31-25(34)17-10-19(27)21(29)12-23(17)36-2/h9-12,15H,3-8,13-14,28-29H2,1-2H3,(H,30,33)(H,31,34)/t15-/m1/s1. The van der Waals surface area contributed by atoms with Gasteiger partial charge in [0.25, 0.3) is 11.8 Å². The Kier molecular flexibility index (Phi) is 9.92. The molecule has 1 fully saturated rings. The molecule has 2 amide bonds. The number of anilines is 2. The highest BCUT2D eigenvalue weighted by atomic mass is 35.5. The Balaban J connectivity index is 1.36. The summed E-state index contributed by atoms with van der Waals surface area (Å²) in [6.45, 7) is 3.93. The van der Waals surface area contributed by atoms with E-state index in [2.05, 4.69) is 15.5 Å². The van der Waals surface area contributed by atoms with Gasteiger partial charge in [0.05, 0.1) is 46.8 Å². The molecule has 1 saturated heterocycles. The highest BCUT2D eigenvalue weighted by Crippen LogP contribution is 2.30. The van der Waals surface area contributed by atoms with Crippen LogP contribution in [-0.2, 0) is 0 Å². The van der Waals surface area contributed by atoms with Crippen molar-refractivity contribution in [1.29, 1.82) is 0 Å². The number of likely N-dealkylation sites (tertiary alicyclic amines) is 1. The number of ether oxygens (including phenoxy) is 2. The molecule has 1 atom stereocenters. The fourth-order valence-electron chi connectivity index (χ4n) is 4.20. The van der Waals surface area contributed by atoms with Gasteiger partial charge in [0.15, 0.2) is 0 Å². The number of nitrogens with zero attached hydrogens (tertiary/aromatic N) is 1. The summed E-state index contributed by atoms with van der Waals surface area (Å²) in [4.78, 5) is 27.5. The SMILES string of the molecule is COc1cc(N)c(Cl)cc1C(=O)NCCCCN1CC[C@H](CNC(=O)c2cc(Cl)c(N)cc2OC)C1. The summed E-state index contributed by atoms with van der Waals surface area (Å²) < 4.78 is 10.5. The van der Waals surface area contributed by atoms with Crippen molar-refractivity contribution < 1.29 is 19.1 Å². The van der Waals surface area contributed by atoms with Crippen LogP contribution in [-0.4, -0.2) is 63.7 Å². The lowest BCUT2D eigenvalue weighted by molar-refractivity contribution is 0.0937. The fourth-order valence-corrected chi connectivity index (χ4v) is 4.53. The van der Waals surface area contributed by atoms with Crippen LogP contribution in [0.15, 0.2) is 24.3 Å². The van der Waals surface area contributed by atoms with E-state index in [9.17, 15) is 9.59 Å². The van der Waals surface area contributed by atoms with Crippen molar-refractivity contribution in [3.8, 4) is 11.5 Å².